The smallest absolute Gasteiger partial charge is 0.296 e. The Kier molecular flexibility index (Phi) is 4.51. The van der Waals surface area contributed by atoms with Crippen LogP contribution >= 0.6 is 11.6 Å². The lowest BCUT2D eigenvalue weighted by Gasteiger charge is -2.17. The van der Waals surface area contributed by atoms with Crippen LogP contribution in [0.4, 0.5) is 5.69 Å². The summed E-state index contributed by atoms with van der Waals surface area (Å²) in [7, 11) is 0. The van der Waals surface area contributed by atoms with Gasteiger partial charge >= 0.3 is 0 Å². The molecule has 1 N–H and O–H groups in total. The molecule has 1 aromatic carbocycles. The Bertz CT molecular complexity index is 933. The van der Waals surface area contributed by atoms with Crippen LogP contribution in [0.2, 0.25) is 5.02 Å². The van der Waals surface area contributed by atoms with Gasteiger partial charge in [-0.05, 0) is 38.0 Å². The van der Waals surface area contributed by atoms with Crippen molar-refractivity contribution in [3.8, 4) is 17.3 Å². The predicted molar refractivity (Wildman–Crippen MR) is 102 cm³/mol. The molecule has 1 atom stereocenters. The number of halogens is 1. The molecule has 0 spiro atoms. The molecule has 2 aromatic heterocycles. The molecule has 0 saturated carbocycles. The van der Waals surface area contributed by atoms with Gasteiger partial charge in [0.1, 0.15) is 0 Å². The number of aromatic nitrogens is 3. The topological polar surface area (TPSA) is 71.1 Å². The van der Waals surface area contributed by atoms with E-state index in [1.54, 1.807) is 13.0 Å². The highest BCUT2D eigenvalue weighted by molar-refractivity contribution is 6.33. The minimum absolute atomic E-state index is 0.254. The molecule has 1 aliphatic rings. The third kappa shape index (κ3) is 3.24. The average molecular weight is 371 g/mol. The van der Waals surface area contributed by atoms with Crippen LogP contribution in [0.25, 0.3) is 22.4 Å². The number of aldehydes is 1. The van der Waals surface area contributed by atoms with Gasteiger partial charge in [0.15, 0.2) is 18.0 Å². The number of nitrogens with one attached hydrogen (secondary N) is 1. The van der Waals surface area contributed by atoms with E-state index < -0.39 is 6.10 Å². The maximum atomic E-state index is 10.7. The van der Waals surface area contributed by atoms with Crippen LogP contribution in [0.1, 0.15) is 19.8 Å². The molecule has 0 bridgehead atoms. The highest BCUT2D eigenvalue weighted by Crippen LogP contribution is 2.31. The fourth-order valence-electron chi connectivity index (χ4n) is 3.16. The number of H-pyrrole nitrogens is 1. The maximum Gasteiger partial charge on any atom is 0.296 e. The number of carbonyl (C=O) groups is 1. The molecule has 1 aliphatic heterocycles. The zero-order chi connectivity index (χ0) is 18.1. The first kappa shape index (κ1) is 16.8. The number of hydrogen-bond acceptors (Lipinski definition) is 5. The second kappa shape index (κ2) is 6.96. The van der Waals surface area contributed by atoms with Crippen LogP contribution in [0, 0.1) is 0 Å². The zero-order valence-electron chi connectivity index (χ0n) is 14.4. The quantitative estimate of drug-likeness (QED) is 0.691. The van der Waals surface area contributed by atoms with E-state index in [0.717, 1.165) is 18.7 Å². The summed E-state index contributed by atoms with van der Waals surface area (Å²) in [4.78, 5) is 25.0. The minimum Gasteiger partial charge on any atom is -0.454 e. The van der Waals surface area contributed by atoms with Crippen LogP contribution in [0.5, 0.6) is 6.01 Å². The second-order valence-corrected chi connectivity index (χ2v) is 6.84. The summed E-state index contributed by atoms with van der Waals surface area (Å²) in [5, 5.41) is 0.532. The number of benzene rings is 1. The van der Waals surface area contributed by atoms with E-state index in [9.17, 15) is 4.79 Å². The van der Waals surface area contributed by atoms with Crippen molar-refractivity contribution in [2.45, 2.75) is 25.9 Å². The lowest BCUT2D eigenvalue weighted by molar-refractivity contribution is -0.113. The van der Waals surface area contributed by atoms with Crippen LogP contribution in [0.3, 0.4) is 0 Å². The van der Waals surface area contributed by atoms with Gasteiger partial charge in [0.2, 0.25) is 0 Å². The van der Waals surface area contributed by atoms with Crippen LogP contribution in [0.15, 0.2) is 30.3 Å². The summed E-state index contributed by atoms with van der Waals surface area (Å²) in [6.07, 6.45) is 2.63. The minimum atomic E-state index is -0.580. The molecule has 0 aliphatic carbocycles. The van der Waals surface area contributed by atoms with Gasteiger partial charge in [0, 0.05) is 24.3 Å². The molecule has 26 heavy (non-hydrogen) atoms. The van der Waals surface area contributed by atoms with E-state index in [1.807, 2.05) is 12.1 Å². The van der Waals surface area contributed by atoms with Gasteiger partial charge in [-0.25, -0.2) is 4.98 Å². The third-order valence-corrected chi connectivity index (χ3v) is 4.79. The first-order valence-electron chi connectivity index (χ1n) is 8.67. The second-order valence-electron chi connectivity index (χ2n) is 6.43. The van der Waals surface area contributed by atoms with Gasteiger partial charge in [-0.2, -0.15) is 4.98 Å². The molecule has 0 amide bonds. The fourth-order valence-corrected chi connectivity index (χ4v) is 3.42. The van der Waals surface area contributed by atoms with Gasteiger partial charge in [-0.15, -0.1) is 0 Å². The van der Waals surface area contributed by atoms with Crippen molar-refractivity contribution in [3.05, 3.63) is 35.4 Å². The fraction of sp³-hybridized carbons (Fsp3) is 0.316. The molecule has 1 saturated heterocycles. The number of carbonyl (C=O) groups excluding carboxylic acids is 1. The molecule has 0 radical (unpaired) electrons. The van der Waals surface area contributed by atoms with Gasteiger partial charge < -0.3 is 14.6 Å². The highest BCUT2D eigenvalue weighted by atomic mass is 35.5. The summed E-state index contributed by atoms with van der Waals surface area (Å²) in [5.41, 5.74) is 4.00. The van der Waals surface area contributed by atoms with E-state index >= 15 is 0 Å². The van der Waals surface area contributed by atoms with Crippen molar-refractivity contribution in [1.29, 1.82) is 0 Å². The average Bonchev–Trinajstić information content (AvgIpc) is 3.30. The molecule has 3 aromatic rings. The molecule has 7 heteroatoms. The number of nitrogens with zero attached hydrogens (tertiary/aromatic N) is 3. The van der Waals surface area contributed by atoms with Crippen LogP contribution in [-0.4, -0.2) is 40.4 Å². The summed E-state index contributed by atoms with van der Waals surface area (Å²) < 4.78 is 5.38. The standard InChI is InChI=1S/C19H19ClN4O2/c1-12(11-25)26-19-21-16-10-15(20)17(22-18(16)23-19)13-4-6-14(7-5-13)24-8-2-3-9-24/h4-7,10-12H,2-3,8-9H2,1H3,(H,21,22,23). The Morgan fingerprint density at radius 2 is 1.96 bits per heavy atom. The number of hydrogen-bond donors (Lipinski definition) is 1. The molecule has 4 rings (SSSR count). The van der Waals surface area contributed by atoms with Crippen molar-refractivity contribution in [2.75, 3.05) is 18.0 Å². The first-order valence-corrected chi connectivity index (χ1v) is 9.05. The highest BCUT2D eigenvalue weighted by Gasteiger charge is 2.15. The van der Waals surface area contributed by atoms with Gasteiger partial charge in [-0.3, -0.25) is 4.79 Å². The Labute approximate surface area is 156 Å². The number of ether oxygens (including phenoxy) is 1. The van der Waals surface area contributed by atoms with E-state index in [0.29, 0.717) is 28.2 Å². The van der Waals surface area contributed by atoms with E-state index in [2.05, 4.69) is 32.0 Å². The zero-order valence-corrected chi connectivity index (χ0v) is 15.2. The normalized spacial score (nSPS) is 15.4. The monoisotopic (exact) mass is 370 g/mol. The van der Waals surface area contributed by atoms with Crippen molar-refractivity contribution < 1.29 is 9.53 Å². The Balaban J connectivity index is 1.65. The summed E-state index contributed by atoms with van der Waals surface area (Å²) in [6.45, 7) is 3.87. The number of fused-ring (bicyclic) bond motifs is 1. The summed E-state index contributed by atoms with van der Waals surface area (Å²) >= 11 is 6.43. The van der Waals surface area contributed by atoms with E-state index in [4.69, 9.17) is 16.3 Å². The molecular formula is C19H19ClN4O2. The number of pyridine rings is 1. The molecule has 134 valence electrons. The molecular weight excluding hydrogens is 352 g/mol. The number of aromatic amines is 1. The molecule has 6 nitrogen and oxygen atoms in total. The Hall–Kier alpha value is -2.60. The molecule has 1 unspecified atom stereocenters. The third-order valence-electron chi connectivity index (χ3n) is 4.51. The molecule has 1 fully saturated rings. The van der Waals surface area contributed by atoms with Gasteiger partial charge in [0.05, 0.1) is 16.2 Å². The number of anilines is 1. The van der Waals surface area contributed by atoms with E-state index in [-0.39, 0.29) is 6.01 Å². The lowest BCUT2D eigenvalue weighted by Crippen LogP contribution is -2.17. The van der Waals surface area contributed by atoms with Crippen molar-refractivity contribution in [2.24, 2.45) is 0 Å². The van der Waals surface area contributed by atoms with Crippen LogP contribution < -0.4 is 9.64 Å². The Morgan fingerprint density at radius 3 is 2.65 bits per heavy atom. The summed E-state index contributed by atoms with van der Waals surface area (Å²) in [6, 6.07) is 10.3. The SMILES string of the molecule is CC(C=O)Oc1nc2nc(-c3ccc(N4CCCC4)cc3)c(Cl)cc2[nH]1. The summed E-state index contributed by atoms with van der Waals surface area (Å²) in [5.74, 6) is 0. The predicted octanol–water partition coefficient (Wildman–Crippen LogP) is 3.84. The van der Waals surface area contributed by atoms with Crippen molar-refractivity contribution in [1.82, 2.24) is 15.0 Å². The lowest BCUT2D eigenvalue weighted by atomic mass is 10.1. The van der Waals surface area contributed by atoms with Gasteiger partial charge in [-0.1, -0.05) is 23.7 Å². The van der Waals surface area contributed by atoms with Crippen molar-refractivity contribution in [3.63, 3.8) is 0 Å². The maximum absolute atomic E-state index is 10.7. The van der Waals surface area contributed by atoms with Gasteiger partial charge in [0.25, 0.3) is 6.01 Å². The van der Waals surface area contributed by atoms with Crippen LogP contribution in [-0.2, 0) is 4.79 Å². The van der Waals surface area contributed by atoms with E-state index in [1.165, 1.54) is 18.5 Å². The number of rotatable bonds is 5. The Morgan fingerprint density at radius 1 is 1.23 bits per heavy atom. The first-order chi connectivity index (χ1) is 12.6. The number of imidazole rings is 1. The molecule has 3 heterocycles. The van der Waals surface area contributed by atoms with Crippen molar-refractivity contribution >= 4 is 34.7 Å². The largest absolute Gasteiger partial charge is 0.454 e.